The second kappa shape index (κ2) is 28.8. The van der Waals surface area contributed by atoms with Gasteiger partial charge in [0, 0.05) is 56.4 Å². The monoisotopic (exact) mass is 987 g/mol. The third-order valence-electron chi connectivity index (χ3n) is 11.8. The number of unbranched alkanes of at least 4 members (excludes halogenated alkanes) is 1. The van der Waals surface area contributed by atoms with E-state index in [1.807, 2.05) is 31.2 Å². The van der Waals surface area contributed by atoms with Gasteiger partial charge in [0.1, 0.15) is 42.3 Å². The average molecular weight is 987 g/mol. The van der Waals surface area contributed by atoms with Crippen LogP contribution in [0, 0.1) is 0 Å². The zero-order valence-electron chi connectivity index (χ0n) is 40.4. The van der Waals surface area contributed by atoms with E-state index in [4.69, 9.17) is 22.9 Å². The number of hydrogen-bond acceptors (Lipinski definition) is 11. The zero-order chi connectivity index (χ0) is 51.9. The van der Waals surface area contributed by atoms with Crippen molar-refractivity contribution in [3.8, 4) is 0 Å². The molecule has 0 spiro atoms. The second-order valence-corrected chi connectivity index (χ2v) is 17.5. The Morgan fingerprint density at radius 2 is 1.41 bits per heavy atom. The normalized spacial score (nSPS) is 20.4. The third-order valence-corrected chi connectivity index (χ3v) is 11.8. The van der Waals surface area contributed by atoms with E-state index in [0.717, 1.165) is 10.9 Å². The first-order valence-electron chi connectivity index (χ1n) is 24.0. The summed E-state index contributed by atoms with van der Waals surface area (Å²) in [6.45, 7) is 3.14. The van der Waals surface area contributed by atoms with E-state index in [1.54, 1.807) is 36.5 Å². The summed E-state index contributed by atoms with van der Waals surface area (Å²) < 4.78 is 0. The van der Waals surface area contributed by atoms with Crippen LogP contribution < -0.4 is 65.5 Å². The quantitative estimate of drug-likeness (QED) is 0.0337. The van der Waals surface area contributed by atoms with Crippen molar-refractivity contribution in [2.24, 2.45) is 27.9 Å². The highest BCUT2D eigenvalue weighted by Gasteiger charge is 2.35. The van der Waals surface area contributed by atoms with Crippen LogP contribution in [0.3, 0.4) is 0 Å². The van der Waals surface area contributed by atoms with E-state index >= 15 is 0 Å². The van der Waals surface area contributed by atoms with Gasteiger partial charge in [0.25, 0.3) is 0 Å². The number of H-pyrrole nitrogens is 1. The number of para-hydroxylation sites is 1. The lowest BCUT2D eigenvalue weighted by molar-refractivity contribution is -0.136. The van der Waals surface area contributed by atoms with Crippen LogP contribution >= 0.6 is 0 Å². The van der Waals surface area contributed by atoms with Crippen molar-refractivity contribution in [1.29, 1.82) is 0 Å². The number of carbonyl (C=O) groups is 9. The number of benzene rings is 2. The van der Waals surface area contributed by atoms with Crippen molar-refractivity contribution in [2.75, 3.05) is 19.6 Å². The fourth-order valence-electron chi connectivity index (χ4n) is 7.98. The molecule has 9 amide bonds. The molecule has 1 fully saturated rings. The fourth-order valence-corrected chi connectivity index (χ4v) is 7.98. The van der Waals surface area contributed by atoms with Crippen LogP contribution in [0.4, 0.5) is 0 Å². The molecule has 71 heavy (non-hydrogen) atoms. The average Bonchev–Trinajstić information content (AvgIpc) is 3.74. The summed E-state index contributed by atoms with van der Waals surface area (Å²) in [7, 11) is 0. The first-order chi connectivity index (χ1) is 34.0. The number of aromatic nitrogens is 1. The Hall–Kier alpha value is -7.56. The van der Waals surface area contributed by atoms with Gasteiger partial charge in [-0.15, -0.1) is 0 Å². The molecule has 2 aromatic carbocycles. The molecule has 1 aliphatic rings. The van der Waals surface area contributed by atoms with Crippen molar-refractivity contribution < 1.29 is 43.2 Å². The van der Waals surface area contributed by atoms with Crippen LogP contribution in [0.15, 0.2) is 65.8 Å². The molecule has 17 N–H and O–H groups in total. The van der Waals surface area contributed by atoms with Crippen molar-refractivity contribution in [2.45, 2.75) is 133 Å². The van der Waals surface area contributed by atoms with Crippen LogP contribution in [-0.2, 0) is 56.0 Å². The molecule has 3 unspecified atom stereocenters. The topological polar surface area (TPSA) is 382 Å². The first kappa shape index (κ1) is 56.0. The highest BCUT2D eigenvalue weighted by Crippen LogP contribution is 2.19. The largest absolute Gasteiger partial charge is 0.370 e. The Morgan fingerprint density at radius 1 is 0.761 bits per heavy atom. The second-order valence-electron chi connectivity index (χ2n) is 17.5. The Labute approximate surface area is 412 Å². The Balaban J connectivity index is 1.74. The van der Waals surface area contributed by atoms with Crippen LogP contribution in [0.5, 0.6) is 0 Å². The molecule has 3 aromatic rings. The number of aliphatic imine (C=N–C) groups is 1. The highest BCUT2D eigenvalue weighted by atomic mass is 16.2. The number of amides is 9. The van der Waals surface area contributed by atoms with Crippen molar-refractivity contribution in [3.05, 3.63) is 71.9 Å². The van der Waals surface area contributed by atoms with E-state index in [0.29, 0.717) is 24.0 Å². The SMILES string of the molecule is CCCC[C@H](NC(C)=O)C(=O)NC1CCC(=O)NCCC(C(=O)N[C@@H](Cc2c[nH]c3ccccc23)C(N)=O)NC(=O)[C@H](CCCN=C(N)N)NC(=O)C(Cc2ccccc2)NC(=O)[C@H](CCCN)NC1=O. The number of rotatable bonds is 20. The minimum Gasteiger partial charge on any atom is -0.370 e. The molecule has 1 aliphatic heterocycles. The molecule has 2 heterocycles. The molecule has 1 aromatic heterocycles. The number of aromatic amines is 1. The van der Waals surface area contributed by atoms with Gasteiger partial charge in [-0.1, -0.05) is 68.3 Å². The fraction of sp³-hybridized carbons (Fsp3) is 0.500. The Bertz CT molecular complexity index is 2340. The molecular weight excluding hydrogens is 917 g/mol. The number of nitrogens with two attached hydrogens (primary N) is 4. The number of primary amides is 1. The van der Waals surface area contributed by atoms with E-state index in [-0.39, 0.29) is 89.8 Å². The molecule has 0 aliphatic carbocycles. The third kappa shape index (κ3) is 18.7. The van der Waals surface area contributed by atoms with Gasteiger partial charge >= 0.3 is 0 Å². The van der Waals surface area contributed by atoms with E-state index in [1.165, 1.54) is 6.92 Å². The lowest BCUT2D eigenvalue weighted by Crippen LogP contribution is -2.60. The molecular formula is C48H70N14O9. The summed E-state index contributed by atoms with van der Waals surface area (Å²) in [4.78, 5) is 131. The van der Waals surface area contributed by atoms with E-state index in [9.17, 15) is 43.2 Å². The van der Waals surface area contributed by atoms with Crippen molar-refractivity contribution >= 4 is 70.0 Å². The van der Waals surface area contributed by atoms with Crippen LogP contribution in [0.1, 0.15) is 89.2 Å². The van der Waals surface area contributed by atoms with Gasteiger partial charge in [0.15, 0.2) is 5.96 Å². The maximum Gasteiger partial charge on any atom is 0.243 e. The van der Waals surface area contributed by atoms with Crippen LogP contribution in [0.25, 0.3) is 10.9 Å². The molecule has 23 nitrogen and oxygen atoms in total. The molecule has 0 bridgehead atoms. The lowest BCUT2D eigenvalue weighted by Gasteiger charge is -2.28. The number of hydrogen-bond donors (Lipinski definition) is 13. The van der Waals surface area contributed by atoms with Crippen molar-refractivity contribution in [3.63, 3.8) is 0 Å². The highest BCUT2D eigenvalue weighted by molar-refractivity contribution is 5.98. The minimum atomic E-state index is -1.43. The number of nitrogens with zero attached hydrogens (tertiary/aromatic N) is 1. The number of guanidine groups is 1. The summed E-state index contributed by atoms with van der Waals surface area (Å²) >= 11 is 0. The maximum absolute atomic E-state index is 14.5. The van der Waals surface area contributed by atoms with Gasteiger partial charge in [-0.2, -0.15) is 0 Å². The molecule has 7 atom stereocenters. The molecule has 386 valence electrons. The summed E-state index contributed by atoms with van der Waals surface area (Å²) in [6.07, 6.45) is 2.68. The minimum absolute atomic E-state index is 0.0109. The Kier molecular flexibility index (Phi) is 22.7. The van der Waals surface area contributed by atoms with Gasteiger partial charge in [-0.25, -0.2) is 0 Å². The van der Waals surface area contributed by atoms with Gasteiger partial charge in [-0.3, -0.25) is 48.1 Å². The number of nitrogens with one attached hydrogen (secondary N) is 9. The summed E-state index contributed by atoms with van der Waals surface area (Å²) in [5, 5.41) is 22.2. The van der Waals surface area contributed by atoms with Crippen LogP contribution in [-0.4, -0.2) is 126 Å². The summed E-state index contributed by atoms with van der Waals surface area (Å²) in [5.74, 6) is -6.90. The maximum atomic E-state index is 14.5. The van der Waals surface area contributed by atoms with Crippen molar-refractivity contribution in [1.82, 2.24) is 47.5 Å². The molecule has 1 saturated heterocycles. The predicted octanol–water partition coefficient (Wildman–Crippen LogP) is -1.87. The van der Waals surface area contributed by atoms with Gasteiger partial charge in [0.2, 0.25) is 53.2 Å². The van der Waals surface area contributed by atoms with Gasteiger partial charge < -0.3 is 70.5 Å². The Morgan fingerprint density at radius 3 is 2.08 bits per heavy atom. The molecule has 4 rings (SSSR count). The van der Waals surface area contributed by atoms with Gasteiger partial charge in [-0.05, 0) is 68.7 Å². The number of carbonyl (C=O) groups excluding carboxylic acids is 9. The van der Waals surface area contributed by atoms with Gasteiger partial charge in [0.05, 0.1) is 0 Å². The lowest BCUT2D eigenvalue weighted by atomic mass is 10.0. The standard InChI is InChI=1S/C48H70N14O9/c1-3-4-15-33(56-28(2)63)42(66)59-36-19-20-40(64)53-24-21-37(46(70)61-38(41(50)65)26-30-27-55-32-16-9-8-14-31(30)32)60-43(67)35(18-11-23-54-48(51)52)58-47(71)39(25-29-12-6-5-7-13-29)62-44(68)34(17-10-22-49)57-45(36)69/h5-9,12-14,16,27,33-39,55H,3-4,10-11,15,17-26,49H2,1-2H3,(H2,50,65)(H,53,64)(H,56,63)(H,57,69)(H,58,71)(H,59,66)(H,60,67)(H,61,70)(H,62,68)(H4,51,52,54)/t33-,34-,35-,36?,37?,38-,39?/m0/s1. The molecule has 0 saturated carbocycles. The number of fused-ring (bicyclic) bond motifs is 1. The molecule has 0 radical (unpaired) electrons. The first-order valence-corrected chi connectivity index (χ1v) is 24.0. The predicted molar refractivity (Wildman–Crippen MR) is 265 cm³/mol. The molecule has 23 heteroatoms. The van der Waals surface area contributed by atoms with Crippen LogP contribution in [0.2, 0.25) is 0 Å². The van der Waals surface area contributed by atoms with E-state index in [2.05, 4.69) is 52.5 Å². The zero-order valence-corrected chi connectivity index (χ0v) is 40.4. The smallest absolute Gasteiger partial charge is 0.243 e. The summed E-state index contributed by atoms with van der Waals surface area (Å²) in [6, 6.07) is 6.98. The van der Waals surface area contributed by atoms with E-state index < -0.39 is 95.5 Å². The summed E-state index contributed by atoms with van der Waals surface area (Å²) in [5.41, 5.74) is 24.8.